The summed E-state index contributed by atoms with van der Waals surface area (Å²) < 4.78 is 5.40. The van der Waals surface area contributed by atoms with Crippen LogP contribution in [0.4, 0.5) is 0 Å². The van der Waals surface area contributed by atoms with Crippen LogP contribution in [-0.4, -0.2) is 84.2 Å². The third-order valence-electron chi connectivity index (χ3n) is 1.98. The Morgan fingerprint density at radius 1 is 0.857 bits per heavy atom. The van der Waals surface area contributed by atoms with Crippen molar-refractivity contribution in [2.24, 2.45) is 34.4 Å². The van der Waals surface area contributed by atoms with Gasteiger partial charge in [-0.3, -0.25) is 4.90 Å². The van der Waals surface area contributed by atoms with Gasteiger partial charge in [-0.1, -0.05) is 0 Å². The van der Waals surface area contributed by atoms with Crippen molar-refractivity contribution < 1.29 is 4.74 Å². The van der Waals surface area contributed by atoms with Gasteiger partial charge in [0.2, 0.25) is 0 Å². The Bertz CT molecular complexity index is 141. The molecule has 1 heterocycles. The Balaban J connectivity index is -0.000000230. The van der Waals surface area contributed by atoms with Crippen molar-refractivity contribution in [3.8, 4) is 0 Å². The first-order valence-electron chi connectivity index (χ1n) is 7.24. The van der Waals surface area contributed by atoms with E-state index in [9.17, 15) is 0 Å². The smallest absolute Gasteiger partial charge is 0.122 e. The molecule has 1 fully saturated rings. The first-order chi connectivity index (χ1) is 10.0. The minimum Gasteiger partial charge on any atom is -0.360 e. The van der Waals surface area contributed by atoms with Gasteiger partial charge in [0.1, 0.15) is 6.23 Å². The SMILES string of the molecule is CN(C)C1CNCCO1.NCCN.NCCN.NCCN. The van der Waals surface area contributed by atoms with Gasteiger partial charge in [0.15, 0.2) is 0 Å². The molecule has 0 radical (unpaired) electrons. The lowest BCUT2D eigenvalue weighted by Gasteiger charge is -2.28. The lowest BCUT2D eigenvalue weighted by molar-refractivity contribution is -0.0533. The van der Waals surface area contributed by atoms with Crippen LogP contribution in [0.25, 0.3) is 0 Å². The predicted octanol–water partition coefficient (Wildman–Crippen LogP) is -3.79. The molecular formula is C12H38N8O. The van der Waals surface area contributed by atoms with Crippen molar-refractivity contribution in [2.45, 2.75) is 6.23 Å². The number of nitrogens with two attached hydrogens (primary N) is 6. The molecule has 1 aliphatic rings. The molecule has 1 unspecified atom stereocenters. The van der Waals surface area contributed by atoms with E-state index in [4.69, 9.17) is 39.1 Å². The van der Waals surface area contributed by atoms with E-state index in [2.05, 4.69) is 10.2 Å². The van der Waals surface area contributed by atoms with Gasteiger partial charge < -0.3 is 44.5 Å². The molecule has 0 spiro atoms. The molecule has 0 aromatic heterocycles. The van der Waals surface area contributed by atoms with E-state index in [1.54, 1.807) is 0 Å². The summed E-state index contributed by atoms with van der Waals surface area (Å²) in [6, 6.07) is 0. The van der Waals surface area contributed by atoms with Gasteiger partial charge in [0.05, 0.1) is 6.61 Å². The lowest BCUT2D eigenvalue weighted by atomic mass is 10.4. The van der Waals surface area contributed by atoms with E-state index < -0.39 is 0 Å². The second-order valence-corrected chi connectivity index (χ2v) is 4.23. The van der Waals surface area contributed by atoms with Gasteiger partial charge in [0.25, 0.3) is 0 Å². The largest absolute Gasteiger partial charge is 0.360 e. The molecule has 1 rings (SSSR count). The standard InChI is InChI=1S/C6H14N2O.3C2H8N2/c1-8(2)6-5-7-3-4-9-6;3*3-1-2-4/h6-7H,3-5H2,1-2H3;3*1-4H2. The molecule has 0 amide bonds. The van der Waals surface area contributed by atoms with Crippen molar-refractivity contribution in [2.75, 3.05) is 73.1 Å². The maximum Gasteiger partial charge on any atom is 0.122 e. The third-order valence-corrected chi connectivity index (χ3v) is 1.98. The molecule has 0 aromatic rings. The molecule has 13 N–H and O–H groups in total. The maximum atomic E-state index is 5.40. The number of nitrogens with one attached hydrogen (secondary N) is 1. The molecule has 0 aliphatic carbocycles. The van der Waals surface area contributed by atoms with Gasteiger partial charge in [-0.15, -0.1) is 0 Å². The van der Waals surface area contributed by atoms with Crippen LogP contribution >= 0.6 is 0 Å². The highest BCUT2D eigenvalue weighted by molar-refractivity contribution is 4.63. The van der Waals surface area contributed by atoms with Crippen molar-refractivity contribution in [1.29, 1.82) is 0 Å². The third kappa shape index (κ3) is 28.5. The summed E-state index contributed by atoms with van der Waals surface area (Å²) in [4.78, 5) is 2.08. The molecule has 9 nitrogen and oxygen atoms in total. The molecule has 9 heteroatoms. The molecule has 0 bridgehead atoms. The zero-order valence-electron chi connectivity index (χ0n) is 13.8. The highest BCUT2D eigenvalue weighted by atomic mass is 16.5. The second-order valence-electron chi connectivity index (χ2n) is 4.23. The summed E-state index contributed by atoms with van der Waals surface area (Å²) in [5, 5.41) is 3.25. The first-order valence-corrected chi connectivity index (χ1v) is 7.24. The van der Waals surface area contributed by atoms with Gasteiger partial charge in [-0.05, 0) is 14.1 Å². The fourth-order valence-electron chi connectivity index (χ4n) is 0.883. The summed E-state index contributed by atoms with van der Waals surface area (Å²) in [7, 11) is 4.05. The summed E-state index contributed by atoms with van der Waals surface area (Å²) >= 11 is 0. The number of hydrogen-bond donors (Lipinski definition) is 7. The highest BCUT2D eigenvalue weighted by Crippen LogP contribution is 1.96. The predicted molar refractivity (Wildman–Crippen MR) is 90.6 cm³/mol. The minimum absolute atomic E-state index is 0.277. The van der Waals surface area contributed by atoms with E-state index in [0.29, 0.717) is 39.3 Å². The fraction of sp³-hybridized carbons (Fsp3) is 1.00. The van der Waals surface area contributed by atoms with Crippen LogP contribution in [0.15, 0.2) is 0 Å². The monoisotopic (exact) mass is 310 g/mol. The van der Waals surface area contributed by atoms with E-state index in [1.165, 1.54) is 0 Å². The highest BCUT2D eigenvalue weighted by Gasteiger charge is 2.13. The summed E-state index contributed by atoms with van der Waals surface area (Å²) in [6.45, 7) is 6.36. The molecular weight excluding hydrogens is 272 g/mol. The number of likely N-dealkylation sites (N-methyl/N-ethyl adjacent to an activating group) is 1. The van der Waals surface area contributed by atoms with Crippen molar-refractivity contribution in [3.63, 3.8) is 0 Å². The Morgan fingerprint density at radius 3 is 1.38 bits per heavy atom. The molecule has 1 atom stereocenters. The Morgan fingerprint density at radius 2 is 1.24 bits per heavy atom. The van der Waals surface area contributed by atoms with Crippen LogP contribution < -0.4 is 39.7 Å². The Hall–Kier alpha value is -0.360. The van der Waals surface area contributed by atoms with E-state index in [1.807, 2.05) is 14.1 Å². The number of hydrogen-bond acceptors (Lipinski definition) is 9. The normalized spacial score (nSPS) is 16.7. The van der Waals surface area contributed by atoms with Crippen LogP contribution in [-0.2, 0) is 4.74 Å². The maximum absolute atomic E-state index is 5.40. The van der Waals surface area contributed by atoms with Crippen molar-refractivity contribution in [1.82, 2.24) is 10.2 Å². The molecule has 1 saturated heterocycles. The second kappa shape index (κ2) is 24.6. The number of nitrogens with zero attached hydrogens (tertiary/aromatic N) is 1. The van der Waals surface area contributed by atoms with Crippen molar-refractivity contribution >= 4 is 0 Å². The van der Waals surface area contributed by atoms with Gasteiger partial charge >= 0.3 is 0 Å². The van der Waals surface area contributed by atoms with E-state index >= 15 is 0 Å². The van der Waals surface area contributed by atoms with Crippen LogP contribution in [0.5, 0.6) is 0 Å². The summed E-state index contributed by atoms with van der Waals surface area (Å²) in [5.74, 6) is 0. The average molecular weight is 310 g/mol. The molecule has 1 aliphatic heterocycles. The summed E-state index contributed by atoms with van der Waals surface area (Å²) in [5.41, 5.74) is 29.4. The quantitative estimate of drug-likeness (QED) is 0.274. The molecule has 0 saturated carbocycles. The molecule has 132 valence electrons. The zero-order chi connectivity index (χ0) is 16.9. The number of rotatable bonds is 4. The minimum atomic E-state index is 0.277. The van der Waals surface area contributed by atoms with Gasteiger partial charge in [-0.2, -0.15) is 0 Å². The summed E-state index contributed by atoms with van der Waals surface area (Å²) in [6.07, 6.45) is 0.277. The number of ether oxygens (including phenoxy) is 1. The van der Waals surface area contributed by atoms with Crippen LogP contribution in [0.2, 0.25) is 0 Å². The van der Waals surface area contributed by atoms with E-state index in [0.717, 1.165) is 19.7 Å². The average Bonchev–Trinajstić information content (AvgIpc) is 2.56. The van der Waals surface area contributed by atoms with Crippen LogP contribution in [0.3, 0.4) is 0 Å². The first kappa shape index (κ1) is 25.6. The van der Waals surface area contributed by atoms with Gasteiger partial charge in [-0.25, -0.2) is 0 Å². The lowest BCUT2D eigenvalue weighted by Crippen LogP contribution is -2.46. The fourth-order valence-corrected chi connectivity index (χ4v) is 0.883. The van der Waals surface area contributed by atoms with Gasteiger partial charge in [0, 0.05) is 52.4 Å². The van der Waals surface area contributed by atoms with Crippen LogP contribution in [0, 0.1) is 0 Å². The van der Waals surface area contributed by atoms with Crippen molar-refractivity contribution in [3.05, 3.63) is 0 Å². The zero-order valence-corrected chi connectivity index (χ0v) is 13.8. The Kier molecular flexibility index (Phi) is 30.0. The topological polar surface area (TPSA) is 181 Å². The number of morpholine rings is 1. The Labute approximate surface area is 129 Å². The van der Waals surface area contributed by atoms with E-state index in [-0.39, 0.29) is 6.23 Å². The molecule has 21 heavy (non-hydrogen) atoms. The van der Waals surface area contributed by atoms with Crippen LogP contribution in [0.1, 0.15) is 0 Å². The molecule has 0 aromatic carbocycles.